The summed E-state index contributed by atoms with van der Waals surface area (Å²) in [6.07, 6.45) is 1.41. The fourth-order valence-electron chi connectivity index (χ4n) is 2.41. The van der Waals surface area contributed by atoms with E-state index in [2.05, 4.69) is 15.2 Å². The van der Waals surface area contributed by atoms with Gasteiger partial charge in [0.1, 0.15) is 5.76 Å². The van der Waals surface area contributed by atoms with Gasteiger partial charge in [0.25, 0.3) is 0 Å². The molecule has 0 unspecified atom stereocenters. The van der Waals surface area contributed by atoms with E-state index >= 15 is 0 Å². The van der Waals surface area contributed by atoms with Gasteiger partial charge in [0.05, 0.1) is 43.9 Å². The number of aryl methyl sites for hydroxylation is 2. The number of carbonyl (C=O) groups is 1. The minimum Gasteiger partial charge on any atom is -0.379 e. The van der Waals surface area contributed by atoms with Crippen molar-refractivity contribution in [3.63, 3.8) is 0 Å². The molecule has 10 heteroatoms. The van der Waals surface area contributed by atoms with Crippen molar-refractivity contribution >= 4 is 15.9 Å². The number of ether oxygens (including phenoxy) is 2. The first kappa shape index (κ1) is 18.8. The number of nitrogens with one attached hydrogen (secondary N) is 2. The Labute approximate surface area is 141 Å². The molecule has 2 atom stereocenters. The molecule has 1 saturated heterocycles. The van der Waals surface area contributed by atoms with Crippen molar-refractivity contribution in [1.29, 1.82) is 0 Å². The smallest absolute Gasteiger partial charge is 0.235 e. The van der Waals surface area contributed by atoms with Gasteiger partial charge in [-0.2, -0.15) is 0 Å². The number of hydrogen-bond donors (Lipinski definition) is 2. The molecule has 0 saturated carbocycles. The topological polar surface area (TPSA) is 120 Å². The number of aromatic nitrogens is 1. The molecule has 2 rings (SSSR count). The van der Waals surface area contributed by atoms with Crippen molar-refractivity contribution in [3.05, 3.63) is 17.0 Å². The largest absolute Gasteiger partial charge is 0.379 e. The van der Waals surface area contributed by atoms with Crippen LogP contribution in [0.25, 0.3) is 0 Å². The Morgan fingerprint density at radius 1 is 1.42 bits per heavy atom. The minimum atomic E-state index is -3.41. The zero-order valence-electron chi connectivity index (χ0n) is 14.0. The van der Waals surface area contributed by atoms with E-state index in [4.69, 9.17) is 14.0 Å². The highest BCUT2D eigenvalue weighted by atomic mass is 32.2. The molecule has 1 fully saturated rings. The van der Waals surface area contributed by atoms with Gasteiger partial charge in [-0.15, -0.1) is 0 Å². The van der Waals surface area contributed by atoms with Crippen LogP contribution in [0.15, 0.2) is 4.52 Å². The Kier molecular flexibility index (Phi) is 6.33. The van der Waals surface area contributed by atoms with Crippen molar-refractivity contribution in [3.8, 4) is 0 Å². The molecule has 9 nitrogen and oxygen atoms in total. The van der Waals surface area contributed by atoms with E-state index in [1.165, 1.54) is 0 Å². The first-order valence-electron chi connectivity index (χ1n) is 7.61. The third-order valence-corrected chi connectivity index (χ3v) is 4.43. The molecule has 136 valence electrons. The molecule has 1 aromatic heterocycles. The molecule has 0 radical (unpaired) electrons. The second-order valence-electron chi connectivity index (χ2n) is 5.78. The zero-order valence-corrected chi connectivity index (χ0v) is 14.8. The molecule has 0 spiro atoms. The molecule has 1 aromatic rings. The lowest BCUT2D eigenvalue weighted by atomic mass is 10.1. The summed E-state index contributed by atoms with van der Waals surface area (Å²) < 4.78 is 40.6. The Balaban J connectivity index is 1.89. The number of amides is 1. The third-order valence-electron chi connectivity index (χ3n) is 3.76. The van der Waals surface area contributed by atoms with Crippen LogP contribution < -0.4 is 10.0 Å². The average molecular weight is 361 g/mol. The monoisotopic (exact) mass is 361 g/mol. The predicted octanol–water partition coefficient (Wildman–Crippen LogP) is -0.369. The summed E-state index contributed by atoms with van der Waals surface area (Å²) in [4.78, 5) is 11.9. The zero-order chi connectivity index (χ0) is 17.7. The van der Waals surface area contributed by atoms with Crippen LogP contribution >= 0.6 is 0 Å². The highest BCUT2D eigenvalue weighted by Crippen LogP contribution is 2.18. The van der Waals surface area contributed by atoms with Crippen LogP contribution in [0, 0.1) is 13.8 Å². The summed E-state index contributed by atoms with van der Waals surface area (Å²) in [5.41, 5.74) is 1.67. The SMILES string of the molecule is Cc1noc(C)c1CO[C@@H]1CCOC[C@@H]1NC(=O)CNS(C)(=O)=O. The number of carbonyl (C=O) groups excluding carboxylic acids is 1. The summed E-state index contributed by atoms with van der Waals surface area (Å²) in [5.74, 6) is 0.277. The molecule has 2 N–H and O–H groups in total. The Hall–Kier alpha value is -1.49. The lowest BCUT2D eigenvalue weighted by Crippen LogP contribution is -2.52. The Morgan fingerprint density at radius 3 is 2.79 bits per heavy atom. The summed E-state index contributed by atoms with van der Waals surface area (Å²) in [6.45, 7) is 4.54. The second kappa shape index (κ2) is 8.06. The summed E-state index contributed by atoms with van der Waals surface area (Å²) in [5, 5.41) is 6.63. The van der Waals surface area contributed by atoms with E-state index < -0.39 is 15.9 Å². The van der Waals surface area contributed by atoms with Gasteiger partial charge in [-0.25, -0.2) is 13.1 Å². The van der Waals surface area contributed by atoms with E-state index in [9.17, 15) is 13.2 Å². The van der Waals surface area contributed by atoms with E-state index in [0.29, 0.717) is 32.0 Å². The molecular formula is C14H23N3O6S. The number of nitrogens with zero attached hydrogens (tertiary/aromatic N) is 1. The first-order valence-corrected chi connectivity index (χ1v) is 9.50. The number of sulfonamides is 1. The highest BCUT2D eigenvalue weighted by molar-refractivity contribution is 7.88. The Bertz CT molecular complexity index is 653. The van der Waals surface area contributed by atoms with Crippen LogP contribution in [0.5, 0.6) is 0 Å². The van der Waals surface area contributed by atoms with Gasteiger partial charge in [-0.05, 0) is 20.3 Å². The van der Waals surface area contributed by atoms with Crippen LogP contribution in [0.2, 0.25) is 0 Å². The molecule has 1 aliphatic heterocycles. The maximum Gasteiger partial charge on any atom is 0.235 e. The quantitative estimate of drug-likeness (QED) is 0.680. The normalized spacial score (nSPS) is 21.6. The summed E-state index contributed by atoms with van der Waals surface area (Å²) in [6, 6.07) is -0.340. The summed E-state index contributed by atoms with van der Waals surface area (Å²) >= 11 is 0. The average Bonchev–Trinajstić information content (AvgIpc) is 2.83. The van der Waals surface area contributed by atoms with Crippen LogP contribution in [-0.4, -0.2) is 57.6 Å². The second-order valence-corrected chi connectivity index (χ2v) is 7.62. The van der Waals surface area contributed by atoms with Crippen molar-refractivity contribution < 1.29 is 27.2 Å². The van der Waals surface area contributed by atoms with E-state index in [0.717, 1.165) is 17.5 Å². The lowest BCUT2D eigenvalue weighted by molar-refractivity contribution is -0.125. The maximum absolute atomic E-state index is 11.9. The lowest BCUT2D eigenvalue weighted by Gasteiger charge is -2.32. The molecular weight excluding hydrogens is 338 g/mol. The van der Waals surface area contributed by atoms with Gasteiger partial charge >= 0.3 is 0 Å². The van der Waals surface area contributed by atoms with E-state index in [1.807, 2.05) is 13.8 Å². The molecule has 1 amide bonds. The van der Waals surface area contributed by atoms with Crippen molar-refractivity contribution in [2.45, 2.75) is 39.0 Å². The van der Waals surface area contributed by atoms with E-state index in [-0.39, 0.29) is 18.7 Å². The fourth-order valence-corrected chi connectivity index (χ4v) is 2.80. The van der Waals surface area contributed by atoms with Crippen molar-refractivity contribution in [1.82, 2.24) is 15.2 Å². The Morgan fingerprint density at radius 2 is 2.17 bits per heavy atom. The highest BCUT2D eigenvalue weighted by Gasteiger charge is 2.28. The van der Waals surface area contributed by atoms with Crippen LogP contribution in [0.3, 0.4) is 0 Å². The van der Waals surface area contributed by atoms with Gasteiger partial charge in [0.15, 0.2) is 0 Å². The molecule has 0 aliphatic carbocycles. The van der Waals surface area contributed by atoms with Crippen molar-refractivity contribution in [2.24, 2.45) is 0 Å². The maximum atomic E-state index is 11.9. The predicted molar refractivity (Wildman–Crippen MR) is 84.8 cm³/mol. The number of rotatable bonds is 7. The molecule has 1 aliphatic rings. The number of hydrogen-bond acceptors (Lipinski definition) is 7. The van der Waals surface area contributed by atoms with Gasteiger partial charge in [0.2, 0.25) is 15.9 Å². The van der Waals surface area contributed by atoms with Gasteiger partial charge < -0.3 is 19.3 Å². The molecule has 24 heavy (non-hydrogen) atoms. The van der Waals surface area contributed by atoms with E-state index in [1.54, 1.807) is 0 Å². The van der Waals surface area contributed by atoms with Crippen LogP contribution in [0.1, 0.15) is 23.4 Å². The molecule has 0 aromatic carbocycles. The fraction of sp³-hybridized carbons (Fsp3) is 0.714. The van der Waals surface area contributed by atoms with Gasteiger partial charge in [-0.1, -0.05) is 5.16 Å². The third kappa shape index (κ3) is 5.55. The standard InChI is InChI=1S/C14H23N3O6S/c1-9-11(10(2)23-17-9)7-22-13-4-5-21-8-12(13)16-14(18)6-15-24(3,19)20/h12-13,15H,4-8H2,1-3H3,(H,16,18)/t12-,13+/m0/s1. The molecule has 2 heterocycles. The summed E-state index contributed by atoms with van der Waals surface area (Å²) in [7, 11) is -3.41. The minimum absolute atomic E-state index is 0.227. The molecule has 0 bridgehead atoms. The van der Waals surface area contributed by atoms with Crippen LogP contribution in [-0.2, 0) is 30.9 Å². The van der Waals surface area contributed by atoms with Crippen LogP contribution in [0.4, 0.5) is 0 Å². The first-order chi connectivity index (χ1) is 11.3. The van der Waals surface area contributed by atoms with Crippen molar-refractivity contribution in [2.75, 3.05) is 26.0 Å². The van der Waals surface area contributed by atoms with Gasteiger partial charge in [0, 0.05) is 12.2 Å². The van der Waals surface area contributed by atoms with Gasteiger partial charge in [-0.3, -0.25) is 4.79 Å².